The number of nitrogens with zero attached hydrogens (tertiary/aromatic N) is 6. The number of aryl methyl sites for hydroxylation is 1. The minimum absolute atomic E-state index is 0.0656. The number of benzene rings is 4. The Hall–Kier alpha value is -6.11. The van der Waals surface area contributed by atoms with E-state index in [1.807, 2.05) is 94.4 Å². The summed E-state index contributed by atoms with van der Waals surface area (Å²) in [5.74, 6) is 0.415. The average Bonchev–Trinajstić information content (AvgIpc) is 3.68. The Morgan fingerprint density at radius 1 is 0.745 bits per heavy atom. The summed E-state index contributed by atoms with van der Waals surface area (Å²) in [5, 5.41) is 15.5. The fourth-order valence-electron chi connectivity index (χ4n) is 6.60. The minimum Gasteiger partial charge on any atom is -0.350 e. The van der Waals surface area contributed by atoms with Crippen LogP contribution in [0.15, 0.2) is 139 Å². The molecule has 4 aromatic carbocycles. The smallest absolute Gasteiger partial charge is 0.253 e. The van der Waals surface area contributed by atoms with Gasteiger partial charge in [0.25, 0.3) is 5.91 Å². The molecule has 1 saturated heterocycles. The SMILES string of the molecule is CCc1ccc(-n2c(SCC(=O)Nc3ccc(C(=O)N4CCN(C(C(=O)NCc5ccccc5)c5ccccc5)CC4)cc3)nnc2-c2ccncc2)cc1. The predicted octanol–water partition coefficient (Wildman–Crippen LogP) is 6.44. The molecular weight excluding hydrogens is 709 g/mol. The molecule has 12 heteroatoms. The van der Waals surface area contributed by atoms with Crippen LogP contribution in [0.3, 0.4) is 0 Å². The van der Waals surface area contributed by atoms with E-state index in [-0.39, 0.29) is 23.5 Å². The Labute approximate surface area is 324 Å². The molecule has 1 atom stereocenters. The zero-order chi connectivity index (χ0) is 38.0. The maximum Gasteiger partial charge on any atom is 0.253 e. The second-order valence-electron chi connectivity index (χ2n) is 13.2. The highest BCUT2D eigenvalue weighted by Gasteiger charge is 2.32. The molecule has 0 radical (unpaired) electrons. The molecule has 3 heterocycles. The van der Waals surface area contributed by atoms with E-state index in [0.717, 1.165) is 28.8 Å². The number of anilines is 1. The van der Waals surface area contributed by atoms with Crippen LogP contribution >= 0.6 is 11.8 Å². The Balaban J connectivity index is 0.945. The maximum atomic E-state index is 13.5. The van der Waals surface area contributed by atoms with Gasteiger partial charge in [-0.2, -0.15) is 0 Å². The Morgan fingerprint density at radius 2 is 1.42 bits per heavy atom. The van der Waals surface area contributed by atoms with Crippen molar-refractivity contribution >= 4 is 35.2 Å². The molecule has 1 fully saturated rings. The average molecular weight is 751 g/mol. The molecule has 6 aromatic rings. The number of nitrogens with one attached hydrogen (secondary N) is 2. The third kappa shape index (κ3) is 9.17. The summed E-state index contributed by atoms with van der Waals surface area (Å²) in [6.07, 6.45) is 4.36. The first-order chi connectivity index (χ1) is 27.0. The topological polar surface area (TPSA) is 125 Å². The molecule has 1 aliphatic heterocycles. The second kappa shape index (κ2) is 17.8. The van der Waals surface area contributed by atoms with Crippen LogP contribution < -0.4 is 10.6 Å². The molecule has 55 heavy (non-hydrogen) atoms. The van der Waals surface area contributed by atoms with Gasteiger partial charge in [0.15, 0.2) is 11.0 Å². The van der Waals surface area contributed by atoms with Gasteiger partial charge in [-0.3, -0.25) is 28.8 Å². The summed E-state index contributed by atoms with van der Waals surface area (Å²) >= 11 is 1.30. The van der Waals surface area contributed by atoms with Crippen molar-refractivity contribution in [1.82, 2.24) is 34.9 Å². The van der Waals surface area contributed by atoms with Gasteiger partial charge in [-0.25, -0.2) is 0 Å². The van der Waals surface area contributed by atoms with E-state index in [9.17, 15) is 14.4 Å². The summed E-state index contributed by atoms with van der Waals surface area (Å²) in [6, 6.07) is 38.1. The van der Waals surface area contributed by atoms with Crippen LogP contribution in [0.1, 0.15) is 40.0 Å². The zero-order valence-electron chi connectivity index (χ0n) is 30.5. The lowest BCUT2D eigenvalue weighted by molar-refractivity contribution is -0.127. The van der Waals surface area contributed by atoms with Gasteiger partial charge in [0.05, 0.1) is 5.75 Å². The number of pyridine rings is 1. The predicted molar refractivity (Wildman–Crippen MR) is 215 cm³/mol. The molecule has 2 N–H and O–H groups in total. The van der Waals surface area contributed by atoms with Crippen molar-refractivity contribution in [2.75, 3.05) is 37.2 Å². The zero-order valence-corrected chi connectivity index (χ0v) is 31.4. The normalized spacial score (nSPS) is 13.6. The molecule has 3 amide bonds. The van der Waals surface area contributed by atoms with Gasteiger partial charge in [-0.1, -0.05) is 91.5 Å². The summed E-state index contributed by atoms with van der Waals surface area (Å²) in [4.78, 5) is 48.3. The third-order valence-electron chi connectivity index (χ3n) is 9.56. The Morgan fingerprint density at radius 3 is 2.09 bits per heavy atom. The number of rotatable bonds is 13. The first kappa shape index (κ1) is 37.2. The molecule has 2 aromatic heterocycles. The van der Waals surface area contributed by atoms with E-state index in [4.69, 9.17) is 0 Å². The minimum atomic E-state index is -0.463. The highest BCUT2D eigenvalue weighted by Crippen LogP contribution is 2.29. The fourth-order valence-corrected chi connectivity index (χ4v) is 7.35. The van der Waals surface area contributed by atoms with Crippen molar-refractivity contribution in [1.29, 1.82) is 0 Å². The lowest BCUT2D eigenvalue weighted by atomic mass is 10.0. The summed E-state index contributed by atoms with van der Waals surface area (Å²) in [7, 11) is 0. The van der Waals surface area contributed by atoms with Crippen LogP contribution in [0.4, 0.5) is 5.69 Å². The largest absolute Gasteiger partial charge is 0.350 e. The van der Waals surface area contributed by atoms with E-state index in [1.54, 1.807) is 36.7 Å². The summed E-state index contributed by atoms with van der Waals surface area (Å²) < 4.78 is 1.95. The molecule has 1 unspecified atom stereocenters. The highest BCUT2D eigenvalue weighted by atomic mass is 32.2. The van der Waals surface area contributed by atoms with Crippen LogP contribution in [0.25, 0.3) is 17.1 Å². The van der Waals surface area contributed by atoms with E-state index >= 15 is 0 Å². The van der Waals surface area contributed by atoms with Crippen LogP contribution in [-0.4, -0.2) is 79.2 Å². The molecule has 11 nitrogen and oxygen atoms in total. The summed E-state index contributed by atoms with van der Waals surface area (Å²) in [6.45, 7) is 4.64. The Bertz CT molecular complexity index is 2190. The lowest BCUT2D eigenvalue weighted by Crippen LogP contribution is -2.52. The van der Waals surface area contributed by atoms with Gasteiger partial charge < -0.3 is 15.5 Å². The van der Waals surface area contributed by atoms with Crippen molar-refractivity contribution in [3.8, 4) is 17.1 Å². The number of carbonyl (C=O) groups is 3. The number of hydrogen-bond donors (Lipinski definition) is 2. The van der Waals surface area contributed by atoms with Gasteiger partial charge in [0.1, 0.15) is 6.04 Å². The highest BCUT2D eigenvalue weighted by molar-refractivity contribution is 7.99. The number of aromatic nitrogens is 4. The van der Waals surface area contributed by atoms with Crippen molar-refractivity contribution in [2.24, 2.45) is 0 Å². The second-order valence-corrected chi connectivity index (χ2v) is 14.1. The van der Waals surface area contributed by atoms with Crippen molar-refractivity contribution in [3.63, 3.8) is 0 Å². The van der Waals surface area contributed by atoms with Gasteiger partial charge in [-0.15, -0.1) is 10.2 Å². The van der Waals surface area contributed by atoms with E-state index in [0.29, 0.717) is 55.0 Å². The molecule has 0 saturated carbocycles. The molecule has 1 aliphatic rings. The first-order valence-electron chi connectivity index (χ1n) is 18.3. The standard InChI is InChI=1S/C43H42N8O3S/c1-2-31-13-19-37(20-14-31)51-40(34-21-23-44-24-22-34)47-48-43(51)55-30-38(52)46-36-17-15-35(16-18-36)42(54)50-27-25-49(26-28-50)39(33-11-7-4-8-12-33)41(53)45-29-32-9-5-3-6-10-32/h3-24,39H,2,25-30H2,1H3,(H,45,53)(H,46,52). The van der Waals surface area contributed by atoms with Gasteiger partial charge >= 0.3 is 0 Å². The van der Waals surface area contributed by atoms with Crippen LogP contribution in [0.5, 0.6) is 0 Å². The number of piperazine rings is 1. The van der Waals surface area contributed by atoms with E-state index < -0.39 is 6.04 Å². The maximum absolute atomic E-state index is 13.5. The van der Waals surface area contributed by atoms with Crippen LogP contribution in [0, 0.1) is 0 Å². The monoisotopic (exact) mass is 750 g/mol. The van der Waals surface area contributed by atoms with E-state index in [2.05, 4.69) is 49.8 Å². The number of thioether (sulfide) groups is 1. The van der Waals surface area contributed by atoms with E-state index in [1.165, 1.54) is 17.3 Å². The van der Waals surface area contributed by atoms with Crippen molar-refractivity contribution < 1.29 is 14.4 Å². The Kier molecular flexibility index (Phi) is 12.1. The van der Waals surface area contributed by atoms with Crippen LogP contribution in [-0.2, 0) is 22.6 Å². The molecule has 278 valence electrons. The molecular formula is C43H42N8O3S. The fraction of sp³-hybridized carbons (Fsp3) is 0.209. The number of carbonyl (C=O) groups excluding carboxylic acids is 3. The van der Waals surface area contributed by atoms with Gasteiger partial charge in [0.2, 0.25) is 11.8 Å². The number of amides is 3. The van der Waals surface area contributed by atoms with Crippen LogP contribution in [0.2, 0.25) is 0 Å². The van der Waals surface area contributed by atoms with Crippen molar-refractivity contribution in [3.05, 3.63) is 156 Å². The molecule has 0 aliphatic carbocycles. The first-order valence-corrected chi connectivity index (χ1v) is 19.3. The molecule has 0 bridgehead atoms. The van der Waals surface area contributed by atoms with Gasteiger partial charge in [-0.05, 0) is 71.6 Å². The molecule has 0 spiro atoms. The third-order valence-corrected chi connectivity index (χ3v) is 10.5. The van der Waals surface area contributed by atoms with Crippen molar-refractivity contribution in [2.45, 2.75) is 31.1 Å². The lowest BCUT2D eigenvalue weighted by Gasteiger charge is -2.38. The number of hydrogen-bond acceptors (Lipinski definition) is 8. The quantitative estimate of drug-likeness (QED) is 0.129. The molecule has 7 rings (SSSR count). The van der Waals surface area contributed by atoms with Gasteiger partial charge in [0, 0.05) is 67.6 Å². The summed E-state index contributed by atoms with van der Waals surface area (Å²) in [5.41, 5.74) is 6.07.